The van der Waals surface area contributed by atoms with Crippen LogP contribution in [0.1, 0.15) is 13.3 Å². The first-order valence-corrected chi connectivity index (χ1v) is 3.18. The van der Waals surface area contributed by atoms with E-state index in [1.54, 1.807) is 6.92 Å². The summed E-state index contributed by atoms with van der Waals surface area (Å²) in [6.45, 7) is 1.59. The van der Waals surface area contributed by atoms with Crippen LogP contribution in [-0.4, -0.2) is 25.0 Å². The molecule has 0 amide bonds. The molecule has 13 heavy (non-hydrogen) atoms. The molecule has 0 fully saturated rings. The summed E-state index contributed by atoms with van der Waals surface area (Å²) in [6.07, 6.45) is -3.33. The molecule has 6 heteroatoms. The molecule has 0 aliphatic carbocycles. The van der Waals surface area contributed by atoms with Crippen molar-refractivity contribution in [3.8, 4) is 0 Å². The first-order valence-electron chi connectivity index (χ1n) is 3.18. The number of rotatable bonds is 2. The fourth-order valence-electron chi connectivity index (χ4n) is 0.430. The van der Waals surface area contributed by atoms with E-state index in [0.717, 1.165) is 6.08 Å². The van der Waals surface area contributed by atoms with E-state index < -0.39 is 17.8 Å². The summed E-state index contributed by atoms with van der Waals surface area (Å²) in [6, 6.07) is 0. The second-order valence-corrected chi connectivity index (χ2v) is 1.97. The molecule has 0 nitrogen and oxygen atoms in total. The van der Waals surface area contributed by atoms with E-state index >= 15 is 0 Å². The molecule has 0 aliphatic heterocycles. The molecule has 0 radical (unpaired) electrons. The van der Waals surface area contributed by atoms with Gasteiger partial charge in [0.15, 0.2) is 5.83 Å². The van der Waals surface area contributed by atoms with Crippen LogP contribution >= 0.6 is 0 Å². The second-order valence-electron chi connectivity index (χ2n) is 1.97. The Bertz CT molecular complexity index is 203. The van der Waals surface area contributed by atoms with Gasteiger partial charge in [-0.25, -0.2) is 4.39 Å². The zero-order chi connectivity index (χ0) is 9.78. The average Bonchev–Trinajstić information content (AvgIpc) is 1.97. The van der Waals surface area contributed by atoms with Crippen LogP contribution in [0, 0.1) is 0 Å². The molecule has 0 aromatic carbocycles. The van der Waals surface area contributed by atoms with Crippen molar-refractivity contribution in [2.75, 3.05) is 0 Å². The molecule has 0 aromatic rings. The molecule has 0 bridgehead atoms. The van der Waals surface area contributed by atoms with Crippen LogP contribution < -0.4 is 0 Å². The molecule has 72 valence electrons. The summed E-state index contributed by atoms with van der Waals surface area (Å²) in [5.41, 5.74) is 0. The number of hydrogen-bond acceptors (Lipinski definition) is 0. The average molecular weight is 194 g/mol. The van der Waals surface area contributed by atoms with Crippen molar-refractivity contribution in [2.45, 2.75) is 19.5 Å². The van der Waals surface area contributed by atoms with Gasteiger partial charge >= 0.3 is 25.0 Å². The number of hydrogen-bond donors (Lipinski definition) is 0. The predicted octanol–water partition coefficient (Wildman–Crippen LogP) is 3.02. The Balaban J connectivity index is 0. The van der Waals surface area contributed by atoms with Crippen molar-refractivity contribution in [1.29, 1.82) is 0 Å². The van der Waals surface area contributed by atoms with Gasteiger partial charge in [-0.3, -0.25) is 0 Å². The van der Waals surface area contributed by atoms with Gasteiger partial charge in [-0.05, 0) is 12.5 Å². The fraction of sp³-hybridized carbons (Fsp3) is 0.429. The van der Waals surface area contributed by atoms with E-state index in [0.29, 0.717) is 12.5 Å². The third-order valence-electron chi connectivity index (χ3n) is 0.958. The van der Waals surface area contributed by atoms with E-state index in [1.807, 2.05) is 0 Å². The number of alkyl halides is 3. The van der Waals surface area contributed by atoms with E-state index in [-0.39, 0.29) is 18.9 Å². The Labute approximate surface area is 84.7 Å². The summed E-state index contributed by atoms with van der Waals surface area (Å²) < 4.78 is 58.4. The molecule has 0 aromatic heterocycles. The quantitative estimate of drug-likeness (QED) is 0.360. The topological polar surface area (TPSA) is 0 Å². The first kappa shape index (κ1) is 15.2. The normalized spacial score (nSPS) is 14.0. The van der Waals surface area contributed by atoms with Crippen LogP contribution in [0.25, 0.3) is 0 Å². The zero-order valence-electron chi connectivity index (χ0n) is 6.25. The third-order valence-corrected chi connectivity index (χ3v) is 0.958. The Hall–Kier alpha value is -0.273. The summed E-state index contributed by atoms with van der Waals surface area (Å²) in [4.78, 5) is 0. The van der Waals surface area contributed by atoms with Gasteiger partial charge in [-0.2, -0.15) is 17.6 Å². The molecule has 0 N–H and O–H groups in total. The molecule has 0 heterocycles. The molecular weight excluding hydrogens is 186 g/mol. The third kappa shape index (κ3) is 5.89. The van der Waals surface area contributed by atoms with Crippen molar-refractivity contribution in [3.05, 3.63) is 23.8 Å². The first-order chi connectivity index (χ1) is 5.39. The number of halogens is 5. The van der Waals surface area contributed by atoms with Crippen molar-refractivity contribution in [1.82, 2.24) is 0 Å². The van der Waals surface area contributed by atoms with Crippen molar-refractivity contribution in [3.63, 3.8) is 0 Å². The summed E-state index contributed by atoms with van der Waals surface area (Å²) >= 11 is 0. The maximum atomic E-state index is 12.2. The van der Waals surface area contributed by atoms with Gasteiger partial charge in [-0.15, -0.1) is 0 Å². The van der Waals surface area contributed by atoms with E-state index in [2.05, 4.69) is 0 Å². The Morgan fingerprint density at radius 2 is 1.69 bits per heavy atom. The fourth-order valence-corrected chi connectivity index (χ4v) is 0.430. The molecule has 0 spiro atoms. The molecule has 0 rings (SSSR count). The van der Waals surface area contributed by atoms with Crippen LogP contribution in [0.3, 0.4) is 0 Å². The van der Waals surface area contributed by atoms with Crippen LogP contribution in [0.4, 0.5) is 22.0 Å². The van der Waals surface area contributed by atoms with Crippen LogP contribution in [0.2, 0.25) is 0 Å². The monoisotopic (exact) mass is 194 g/mol. The van der Waals surface area contributed by atoms with Crippen LogP contribution in [-0.2, 0) is 0 Å². The Morgan fingerprint density at radius 1 is 1.23 bits per heavy atom. The molecule has 0 saturated carbocycles. The summed E-state index contributed by atoms with van der Waals surface area (Å²) in [7, 11) is 0. The van der Waals surface area contributed by atoms with Crippen LogP contribution in [0.15, 0.2) is 23.8 Å². The van der Waals surface area contributed by atoms with E-state index in [1.165, 1.54) is 0 Å². The van der Waals surface area contributed by atoms with Crippen molar-refractivity contribution < 1.29 is 22.0 Å². The minimum absolute atomic E-state index is 0. The van der Waals surface area contributed by atoms with E-state index in [4.69, 9.17) is 0 Å². The Morgan fingerprint density at radius 3 is 2.00 bits per heavy atom. The van der Waals surface area contributed by atoms with Gasteiger partial charge in [0.2, 0.25) is 5.83 Å². The van der Waals surface area contributed by atoms with Gasteiger partial charge in [0.05, 0.1) is 0 Å². The summed E-state index contributed by atoms with van der Waals surface area (Å²) in [5.74, 6) is -4.57. The van der Waals surface area contributed by atoms with Gasteiger partial charge < -0.3 is 0 Å². The van der Waals surface area contributed by atoms with Crippen LogP contribution in [0.5, 0.6) is 0 Å². The van der Waals surface area contributed by atoms with Gasteiger partial charge in [0.25, 0.3) is 0 Å². The van der Waals surface area contributed by atoms with Gasteiger partial charge in [-0.1, -0.05) is 13.0 Å². The molecule has 0 atom stereocenters. The molecule has 0 aliphatic rings. The summed E-state index contributed by atoms with van der Waals surface area (Å²) in [5, 5.41) is 0. The number of allylic oxidation sites excluding steroid dienone is 4. The van der Waals surface area contributed by atoms with Gasteiger partial charge in [0, 0.05) is 0 Å². The van der Waals surface area contributed by atoms with Crippen molar-refractivity contribution >= 4 is 18.9 Å². The van der Waals surface area contributed by atoms with Crippen molar-refractivity contribution in [2.24, 2.45) is 0 Å². The SMILES string of the molecule is CCC=CC(F)=C(F)C(F)(F)F.[LiH]. The molecular formula is C7H8F5Li. The predicted molar refractivity (Wildman–Crippen MR) is 41.9 cm³/mol. The molecule has 0 saturated heterocycles. The maximum absolute atomic E-state index is 12.2. The minimum atomic E-state index is -5.23. The Kier molecular flexibility index (Phi) is 7.28. The second kappa shape index (κ2) is 6.22. The zero-order valence-corrected chi connectivity index (χ0v) is 6.25. The molecule has 0 unspecified atom stereocenters. The standard InChI is InChI=1S/C7H7F5.Li.H/c1-2-3-4-5(8)6(9)7(10,11)12;;/h3-4H,2H2,1H3;;. The van der Waals surface area contributed by atoms with Gasteiger partial charge in [0.1, 0.15) is 0 Å². The van der Waals surface area contributed by atoms with E-state index in [9.17, 15) is 22.0 Å².